The van der Waals surface area contributed by atoms with Gasteiger partial charge in [-0.3, -0.25) is 4.40 Å². The molecule has 0 amide bonds. The summed E-state index contributed by atoms with van der Waals surface area (Å²) in [5, 5.41) is 10.9. The van der Waals surface area contributed by atoms with E-state index < -0.39 is 0 Å². The van der Waals surface area contributed by atoms with Crippen LogP contribution in [0.2, 0.25) is 5.02 Å². The van der Waals surface area contributed by atoms with Crippen molar-refractivity contribution in [3.63, 3.8) is 0 Å². The molecule has 3 nitrogen and oxygen atoms in total. The smallest absolute Gasteiger partial charge is 0.179 e. The molecule has 0 saturated heterocycles. The van der Waals surface area contributed by atoms with Gasteiger partial charge in [0.25, 0.3) is 0 Å². The minimum Gasteiger partial charge on any atom is -0.282 e. The Labute approximate surface area is 95.0 Å². The quantitative estimate of drug-likeness (QED) is 0.649. The van der Waals surface area contributed by atoms with Crippen LogP contribution in [0, 0.1) is 0 Å². The molecule has 0 radical (unpaired) electrons. The molecule has 74 valence electrons. The maximum atomic E-state index is 6.06. The van der Waals surface area contributed by atoms with Crippen molar-refractivity contribution in [1.29, 1.82) is 0 Å². The Morgan fingerprint density at radius 3 is 2.93 bits per heavy atom. The molecule has 0 atom stereocenters. The monoisotopic (exact) mass is 235 g/mol. The van der Waals surface area contributed by atoms with E-state index in [0.29, 0.717) is 0 Å². The number of rotatable bonds is 1. The maximum Gasteiger partial charge on any atom is 0.179 e. The first kappa shape index (κ1) is 8.88. The first-order valence-electron chi connectivity index (χ1n) is 4.39. The van der Waals surface area contributed by atoms with Crippen LogP contribution in [-0.4, -0.2) is 14.6 Å². The average Bonchev–Trinajstić information content (AvgIpc) is 2.83. The zero-order valence-electron chi connectivity index (χ0n) is 7.59. The van der Waals surface area contributed by atoms with E-state index in [2.05, 4.69) is 10.2 Å². The van der Waals surface area contributed by atoms with Crippen LogP contribution in [0.4, 0.5) is 0 Å². The first-order valence-corrected chi connectivity index (χ1v) is 5.65. The summed E-state index contributed by atoms with van der Waals surface area (Å²) in [5.74, 6) is 0.797. The molecule has 15 heavy (non-hydrogen) atoms. The van der Waals surface area contributed by atoms with Gasteiger partial charge in [0.2, 0.25) is 0 Å². The molecule has 0 saturated carbocycles. The van der Waals surface area contributed by atoms with Gasteiger partial charge in [-0.25, -0.2) is 0 Å². The molecule has 0 spiro atoms. The van der Waals surface area contributed by atoms with Crippen LogP contribution in [0.3, 0.4) is 0 Å². The summed E-state index contributed by atoms with van der Waals surface area (Å²) in [5.41, 5.74) is 0.831. The van der Waals surface area contributed by atoms with Crippen molar-refractivity contribution in [2.75, 3.05) is 0 Å². The summed E-state index contributed by atoms with van der Waals surface area (Å²) in [6.45, 7) is 0. The summed E-state index contributed by atoms with van der Waals surface area (Å²) in [6, 6.07) is 7.66. The van der Waals surface area contributed by atoms with E-state index in [1.165, 1.54) is 0 Å². The van der Waals surface area contributed by atoms with E-state index >= 15 is 0 Å². The third-order valence-corrected chi connectivity index (χ3v) is 3.47. The van der Waals surface area contributed by atoms with Gasteiger partial charge < -0.3 is 0 Å². The Morgan fingerprint density at radius 1 is 1.20 bits per heavy atom. The first-order chi connectivity index (χ1) is 7.36. The largest absolute Gasteiger partial charge is 0.282 e. The second-order valence-corrected chi connectivity index (χ2v) is 4.37. The molecule has 0 fully saturated rings. The molecule has 3 heterocycles. The minimum absolute atomic E-state index is 0.721. The van der Waals surface area contributed by atoms with E-state index in [-0.39, 0.29) is 0 Å². The maximum absolute atomic E-state index is 6.06. The number of nitrogens with zero attached hydrogens (tertiary/aromatic N) is 3. The summed E-state index contributed by atoms with van der Waals surface area (Å²) in [4.78, 5) is 0.954. The van der Waals surface area contributed by atoms with Crippen molar-refractivity contribution in [2.24, 2.45) is 0 Å². The lowest BCUT2D eigenvalue weighted by Crippen LogP contribution is -1.86. The molecule has 3 aromatic heterocycles. The van der Waals surface area contributed by atoms with Crippen LogP contribution in [0.1, 0.15) is 0 Å². The minimum atomic E-state index is 0.721. The summed E-state index contributed by atoms with van der Waals surface area (Å²) in [6.07, 6.45) is 1.93. The van der Waals surface area contributed by atoms with E-state index in [0.717, 1.165) is 21.4 Å². The van der Waals surface area contributed by atoms with Crippen molar-refractivity contribution < 1.29 is 0 Å². The van der Waals surface area contributed by atoms with Crippen LogP contribution in [0.25, 0.3) is 16.3 Å². The molecule has 0 aliphatic rings. The number of thiophene rings is 1. The second kappa shape index (κ2) is 3.32. The molecular formula is C10H6ClN3S. The zero-order chi connectivity index (χ0) is 10.3. The molecular weight excluding hydrogens is 230 g/mol. The molecule has 3 aromatic rings. The Morgan fingerprint density at radius 2 is 2.13 bits per heavy atom. The van der Waals surface area contributed by atoms with Gasteiger partial charge in [0.1, 0.15) is 0 Å². The number of pyridine rings is 1. The normalized spacial score (nSPS) is 11.0. The van der Waals surface area contributed by atoms with Crippen molar-refractivity contribution in [3.05, 3.63) is 40.9 Å². The standard InChI is InChI=1S/C10H6ClN3S/c11-7-4-6-15-9(7)10-13-12-8-3-1-2-5-14(8)10/h1-6H. The summed E-state index contributed by atoms with van der Waals surface area (Å²) >= 11 is 7.63. The molecule has 0 N–H and O–H groups in total. The number of hydrogen-bond acceptors (Lipinski definition) is 3. The third kappa shape index (κ3) is 1.33. The van der Waals surface area contributed by atoms with Crippen LogP contribution >= 0.6 is 22.9 Å². The van der Waals surface area contributed by atoms with Crippen LogP contribution in [0.15, 0.2) is 35.8 Å². The lowest BCUT2D eigenvalue weighted by atomic mass is 10.4. The van der Waals surface area contributed by atoms with E-state index in [4.69, 9.17) is 11.6 Å². The number of halogens is 1. The Hall–Kier alpha value is -1.39. The fourth-order valence-corrected chi connectivity index (χ4v) is 2.57. The highest BCUT2D eigenvalue weighted by Gasteiger charge is 2.11. The Kier molecular flexibility index (Phi) is 1.97. The molecule has 3 rings (SSSR count). The van der Waals surface area contributed by atoms with Crippen LogP contribution in [-0.2, 0) is 0 Å². The van der Waals surface area contributed by atoms with Gasteiger partial charge in [0.05, 0.1) is 9.90 Å². The lowest BCUT2D eigenvalue weighted by Gasteiger charge is -1.96. The Balaban J connectivity index is 2.32. The fourth-order valence-electron chi connectivity index (χ4n) is 1.45. The van der Waals surface area contributed by atoms with Gasteiger partial charge in [-0.1, -0.05) is 17.7 Å². The molecule has 0 aliphatic carbocycles. The zero-order valence-corrected chi connectivity index (χ0v) is 9.16. The molecule has 0 bridgehead atoms. The van der Waals surface area contributed by atoms with E-state index in [1.807, 2.05) is 40.2 Å². The predicted molar refractivity (Wildman–Crippen MR) is 61.3 cm³/mol. The highest BCUT2D eigenvalue weighted by Crippen LogP contribution is 2.31. The Bertz CT molecular complexity index is 614. The fraction of sp³-hybridized carbons (Fsp3) is 0. The number of aromatic nitrogens is 3. The molecule has 0 aliphatic heterocycles. The van der Waals surface area contributed by atoms with E-state index in [1.54, 1.807) is 11.3 Å². The van der Waals surface area contributed by atoms with E-state index in [9.17, 15) is 0 Å². The van der Waals surface area contributed by atoms with Gasteiger partial charge in [-0.2, -0.15) is 0 Å². The summed E-state index contributed by atoms with van der Waals surface area (Å²) < 4.78 is 1.93. The van der Waals surface area contributed by atoms with Crippen LogP contribution < -0.4 is 0 Å². The summed E-state index contributed by atoms with van der Waals surface area (Å²) in [7, 11) is 0. The molecule has 0 aromatic carbocycles. The van der Waals surface area contributed by atoms with Crippen molar-refractivity contribution >= 4 is 28.6 Å². The van der Waals surface area contributed by atoms with Crippen molar-refractivity contribution in [3.8, 4) is 10.7 Å². The van der Waals surface area contributed by atoms with Crippen molar-refractivity contribution in [2.45, 2.75) is 0 Å². The highest BCUT2D eigenvalue weighted by molar-refractivity contribution is 7.14. The number of fused-ring (bicyclic) bond motifs is 1. The molecule has 0 unspecified atom stereocenters. The lowest BCUT2D eigenvalue weighted by molar-refractivity contribution is 1.12. The van der Waals surface area contributed by atoms with Crippen molar-refractivity contribution in [1.82, 2.24) is 14.6 Å². The topological polar surface area (TPSA) is 30.2 Å². The average molecular weight is 236 g/mol. The second-order valence-electron chi connectivity index (χ2n) is 3.05. The van der Waals surface area contributed by atoms with Gasteiger partial charge in [-0.15, -0.1) is 21.5 Å². The molecule has 5 heteroatoms. The van der Waals surface area contributed by atoms with Gasteiger partial charge in [0, 0.05) is 6.20 Å². The third-order valence-electron chi connectivity index (χ3n) is 2.13. The number of hydrogen-bond donors (Lipinski definition) is 0. The van der Waals surface area contributed by atoms with Gasteiger partial charge in [0.15, 0.2) is 11.5 Å². The van der Waals surface area contributed by atoms with Gasteiger partial charge >= 0.3 is 0 Å². The van der Waals surface area contributed by atoms with Gasteiger partial charge in [-0.05, 0) is 23.6 Å². The SMILES string of the molecule is Clc1ccsc1-c1nnc2ccccn12. The highest BCUT2D eigenvalue weighted by atomic mass is 35.5. The van der Waals surface area contributed by atoms with Crippen LogP contribution in [0.5, 0.6) is 0 Å². The predicted octanol–water partition coefficient (Wildman–Crippen LogP) is 3.11.